The van der Waals surface area contributed by atoms with Crippen molar-refractivity contribution in [2.45, 2.75) is 76.4 Å². The van der Waals surface area contributed by atoms with Gasteiger partial charge in [0.1, 0.15) is 18.4 Å². The number of hydrogen-bond donors (Lipinski definition) is 1. The number of halogens is 1. The van der Waals surface area contributed by atoms with Crippen LogP contribution >= 0.6 is 0 Å². The molecule has 7 nitrogen and oxygen atoms in total. The summed E-state index contributed by atoms with van der Waals surface area (Å²) in [6.07, 6.45) is 4.92. The number of carbonyl (C=O) groups excluding carboxylic acids is 2. The maximum absolute atomic E-state index is 14.7. The van der Waals surface area contributed by atoms with Crippen molar-refractivity contribution >= 4 is 27.5 Å². The molecule has 9 heteroatoms. The molecule has 0 saturated heterocycles. The van der Waals surface area contributed by atoms with Gasteiger partial charge in [-0.3, -0.25) is 13.9 Å². The first-order chi connectivity index (χ1) is 19.6. The number of amides is 2. The molecule has 0 aliphatic heterocycles. The number of benzene rings is 3. The lowest BCUT2D eigenvalue weighted by atomic mass is 9.95. The number of carbonyl (C=O) groups is 2. The Kier molecular flexibility index (Phi) is 9.81. The lowest BCUT2D eigenvalue weighted by Gasteiger charge is -2.33. The van der Waals surface area contributed by atoms with Gasteiger partial charge in [0.15, 0.2) is 0 Å². The van der Waals surface area contributed by atoms with E-state index in [-0.39, 0.29) is 29.0 Å². The van der Waals surface area contributed by atoms with E-state index in [2.05, 4.69) is 5.32 Å². The Morgan fingerprint density at radius 3 is 2.22 bits per heavy atom. The van der Waals surface area contributed by atoms with E-state index in [0.29, 0.717) is 11.3 Å². The maximum Gasteiger partial charge on any atom is 0.264 e. The van der Waals surface area contributed by atoms with E-state index in [1.807, 2.05) is 6.92 Å². The standard InChI is InChI=1S/C32H38FN3O4S/c1-23-17-19-28(20-18-23)41(39,40)36(30-16-10-7-11-24(30)2)22-31(37)35(21-26-12-8-9-15-29(26)33)25(3)32(38)34-27-13-5-4-6-14-27/h7-12,15-20,25,27H,4-6,13-14,21-22H2,1-3H3,(H,34,38)/t25-/m1/s1. The van der Waals surface area contributed by atoms with Gasteiger partial charge in [0.05, 0.1) is 10.6 Å². The summed E-state index contributed by atoms with van der Waals surface area (Å²) in [7, 11) is -4.16. The van der Waals surface area contributed by atoms with Crippen LogP contribution in [0, 0.1) is 19.7 Å². The monoisotopic (exact) mass is 579 g/mol. The zero-order valence-corrected chi connectivity index (χ0v) is 24.7. The van der Waals surface area contributed by atoms with Crippen molar-refractivity contribution < 1.29 is 22.4 Å². The van der Waals surface area contributed by atoms with Crippen LogP contribution in [0.4, 0.5) is 10.1 Å². The smallest absolute Gasteiger partial charge is 0.264 e. The van der Waals surface area contributed by atoms with Gasteiger partial charge < -0.3 is 10.2 Å². The molecule has 1 atom stereocenters. The van der Waals surface area contributed by atoms with Gasteiger partial charge in [0, 0.05) is 18.2 Å². The van der Waals surface area contributed by atoms with Crippen molar-refractivity contribution in [1.29, 1.82) is 0 Å². The molecule has 1 saturated carbocycles. The minimum atomic E-state index is -4.16. The van der Waals surface area contributed by atoms with Gasteiger partial charge in [-0.2, -0.15) is 0 Å². The third kappa shape index (κ3) is 7.33. The average Bonchev–Trinajstić information content (AvgIpc) is 2.96. The van der Waals surface area contributed by atoms with E-state index in [0.717, 1.165) is 42.0 Å². The van der Waals surface area contributed by atoms with Crippen LogP contribution in [0.15, 0.2) is 77.7 Å². The molecule has 0 aromatic heterocycles. The zero-order valence-electron chi connectivity index (χ0n) is 23.8. The summed E-state index contributed by atoms with van der Waals surface area (Å²) >= 11 is 0. The van der Waals surface area contributed by atoms with Gasteiger partial charge >= 0.3 is 0 Å². The summed E-state index contributed by atoms with van der Waals surface area (Å²) in [5.41, 5.74) is 2.16. The highest BCUT2D eigenvalue weighted by atomic mass is 32.2. The van der Waals surface area contributed by atoms with Crippen molar-refractivity contribution in [2.75, 3.05) is 10.8 Å². The van der Waals surface area contributed by atoms with Crippen molar-refractivity contribution in [3.63, 3.8) is 0 Å². The van der Waals surface area contributed by atoms with Crippen LogP contribution in [0.1, 0.15) is 55.7 Å². The van der Waals surface area contributed by atoms with E-state index >= 15 is 0 Å². The van der Waals surface area contributed by atoms with E-state index in [1.54, 1.807) is 68.4 Å². The molecule has 0 radical (unpaired) electrons. The number of hydrogen-bond acceptors (Lipinski definition) is 4. The normalized spacial score (nSPS) is 14.7. The summed E-state index contributed by atoms with van der Waals surface area (Å²) in [5.74, 6) is -1.46. The Balaban J connectivity index is 1.69. The van der Waals surface area contributed by atoms with Crippen LogP contribution in [-0.4, -0.2) is 43.8 Å². The Morgan fingerprint density at radius 2 is 1.56 bits per heavy atom. The summed E-state index contributed by atoms with van der Waals surface area (Å²) in [6, 6.07) is 18.5. The van der Waals surface area contributed by atoms with Crippen LogP contribution in [0.5, 0.6) is 0 Å². The van der Waals surface area contributed by atoms with E-state index in [1.165, 1.54) is 23.1 Å². The largest absolute Gasteiger partial charge is 0.352 e. The van der Waals surface area contributed by atoms with Crippen LogP contribution < -0.4 is 9.62 Å². The highest BCUT2D eigenvalue weighted by Gasteiger charge is 2.34. The van der Waals surface area contributed by atoms with Crippen molar-refractivity contribution in [1.82, 2.24) is 10.2 Å². The van der Waals surface area contributed by atoms with Gasteiger partial charge in [-0.05, 0) is 63.4 Å². The second kappa shape index (κ2) is 13.3. The molecule has 3 aromatic carbocycles. The fourth-order valence-corrected chi connectivity index (χ4v) is 6.63. The molecule has 3 aromatic rings. The number of para-hydroxylation sites is 1. The molecule has 1 fully saturated rings. The number of rotatable bonds is 10. The third-order valence-corrected chi connectivity index (χ3v) is 9.46. The molecular formula is C32H38FN3O4S. The molecule has 1 aliphatic carbocycles. The second-order valence-corrected chi connectivity index (χ2v) is 12.6. The summed E-state index contributed by atoms with van der Waals surface area (Å²) in [6.45, 7) is 4.49. The van der Waals surface area contributed by atoms with Crippen molar-refractivity contribution in [3.05, 3.63) is 95.3 Å². The SMILES string of the molecule is Cc1ccc(S(=O)(=O)N(CC(=O)N(Cc2ccccc2F)[C@H](C)C(=O)NC2CCCCC2)c2ccccc2C)cc1. The fraction of sp³-hybridized carbons (Fsp3) is 0.375. The van der Waals surface area contributed by atoms with Gasteiger partial charge in [-0.25, -0.2) is 12.8 Å². The molecular weight excluding hydrogens is 541 g/mol. The first-order valence-corrected chi connectivity index (χ1v) is 15.5. The van der Waals surface area contributed by atoms with E-state index in [9.17, 15) is 22.4 Å². The summed E-state index contributed by atoms with van der Waals surface area (Å²) < 4.78 is 43.7. The zero-order chi connectivity index (χ0) is 29.6. The first-order valence-electron chi connectivity index (χ1n) is 14.1. The first kappa shape index (κ1) is 30.2. The maximum atomic E-state index is 14.7. The van der Waals surface area contributed by atoms with E-state index < -0.39 is 34.3 Å². The predicted octanol–water partition coefficient (Wildman–Crippen LogP) is 5.50. The minimum Gasteiger partial charge on any atom is -0.352 e. The lowest BCUT2D eigenvalue weighted by molar-refractivity contribution is -0.139. The Hall–Kier alpha value is -3.72. The van der Waals surface area contributed by atoms with Gasteiger partial charge in [0.2, 0.25) is 11.8 Å². The Labute approximate surface area is 242 Å². The molecule has 0 bridgehead atoms. The molecule has 2 amide bonds. The van der Waals surface area contributed by atoms with Gasteiger partial charge in [-0.15, -0.1) is 0 Å². The number of nitrogens with zero attached hydrogens (tertiary/aromatic N) is 2. The Morgan fingerprint density at radius 1 is 0.927 bits per heavy atom. The molecule has 218 valence electrons. The molecule has 0 unspecified atom stereocenters. The van der Waals surface area contributed by atoms with Gasteiger partial charge in [-0.1, -0.05) is 73.4 Å². The third-order valence-electron chi connectivity index (χ3n) is 7.69. The van der Waals surface area contributed by atoms with Crippen LogP contribution in [0.25, 0.3) is 0 Å². The molecule has 0 spiro atoms. The quantitative estimate of drug-likeness (QED) is 0.344. The van der Waals surface area contributed by atoms with Crippen LogP contribution in [0.2, 0.25) is 0 Å². The van der Waals surface area contributed by atoms with Crippen molar-refractivity contribution in [2.24, 2.45) is 0 Å². The Bertz CT molecular complexity index is 1470. The minimum absolute atomic E-state index is 0.0227. The lowest BCUT2D eigenvalue weighted by Crippen LogP contribution is -2.53. The van der Waals surface area contributed by atoms with Crippen LogP contribution in [-0.2, 0) is 26.2 Å². The van der Waals surface area contributed by atoms with Crippen LogP contribution in [0.3, 0.4) is 0 Å². The summed E-state index contributed by atoms with van der Waals surface area (Å²) in [4.78, 5) is 28.7. The average molecular weight is 580 g/mol. The number of aryl methyl sites for hydroxylation is 2. The molecule has 0 heterocycles. The second-order valence-electron chi connectivity index (χ2n) is 10.7. The molecule has 41 heavy (non-hydrogen) atoms. The molecule has 1 N–H and O–H groups in total. The number of nitrogens with one attached hydrogen (secondary N) is 1. The highest BCUT2D eigenvalue weighted by molar-refractivity contribution is 7.92. The highest BCUT2D eigenvalue weighted by Crippen LogP contribution is 2.28. The molecule has 1 aliphatic rings. The fourth-order valence-electron chi connectivity index (χ4n) is 5.16. The topological polar surface area (TPSA) is 86.8 Å². The number of anilines is 1. The summed E-state index contributed by atoms with van der Waals surface area (Å²) in [5, 5.41) is 3.05. The molecule has 4 rings (SSSR count). The van der Waals surface area contributed by atoms with Gasteiger partial charge in [0.25, 0.3) is 10.0 Å². The van der Waals surface area contributed by atoms with Crippen molar-refractivity contribution in [3.8, 4) is 0 Å². The number of sulfonamides is 1. The predicted molar refractivity (Wildman–Crippen MR) is 158 cm³/mol. The van der Waals surface area contributed by atoms with E-state index in [4.69, 9.17) is 0 Å².